The van der Waals surface area contributed by atoms with Crippen LogP contribution >= 0.6 is 0 Å². The molecular formula is C21H22N4. The molecule has 0 aliphatic rings. The van der Waals surface area contributed by atoms with E-state index in [-0.39, 0.29) is 0 Å². The Labute approximate surface area is 147 Å². The van der Waals surface area contributed by atoms with Gasteiger partial charge in [0.25, 0.3) is 0 Å². The van der Waals surface area contributed by atoms with E-state index in [1.54, 1.807) is 0 Å². The van der Waals surface area contributed by atoms with Gasteiger partial charge in [-0.05, 0) is 42.8 Å². The van der Waals surface area contributed by atoms with E-state index in [0.29, 0.717) is 0 Å². The second kappa shape index (κ2) is 7.36. The number of hydrogen-bond donors (Lipinski definition) is 3. The Morgan fingerprint density at radius 2 is 1.76 bits per heavy atom. The molecule has 4 rings (SSSR count). The Balaban J connectivity index is 1.23. The Morgan fingerprint density at radius 3 is 2.76 bits per heavy atom. The van der Waals surface area contributed by atoms with E-state index in [2.05, 4.69) is 63.2 Å². The molecule has 4 aromatic rings. The molecule has 126 valence electrons. The van der Waals surface area contributed by atoms with Gasteiger partial charge in [0.05, 0.1) is 5.52 Å². The number of pyridine rings is 1. The van der Waals surface area contributed by atoms with Crippen LogP contribution in [0.3, 0.4) is 0 Å². The van der Waals surface area contributed by atoms with Gasteiger partial charge in [-0.2, -0.15) is 0 Å². The molecule has 0 aliphatic carbocycles. The summed E-state index contributed by atoms with van der Waals surface area (Å²) in [7, 11) is 0. The minimum atomic E-state index is 0.887. The van der Waals surface area contributed by atoms with Gasteiger partial charge >= 0.3 is 0 Å². The first kappa shape index (κ1) is 15.7. The summed E-state index contributed by atoms with van der Waals surface area (Å²) < 4.78 is 0. The van der Waals surface area contributed by atoms with E-state index in [9.17, 15) is 0 Å². The number of para-hydroxylation sites is 2. The normalized spacial score (nSPS) is 11.2. The van der Waals surface area contributed by atoms with Gasteiger partial charge in [-0.15, -0.1) is 0 Å². The van der Waals surface area contributed by atoms with E-state index in [0.717, 1.165) is 37.4 Å². The number of H-pyrrole nitrogens is 1. The fraction of sp³-hybridized carbons (Fsp3) is 0.190. The van der Waals surface area contributed by atoms with Crippen molar-refractivity contribution in [2.75, 3.05) is 18.4 Å². The lowest BCUT2D eigenvalue weighted by molar-refractivity contribution is 0.665. The lowest BCUT2D eigenvalue weighted by atomic mass is 10.2. The molecule has 0 atom stereocenters. The van der Waals surface area contributed by atoms with Gasteiger partial charge in [-0.25, -0.2) is 4.98 Å². The Morgan fingerprint density at radius 1 is 0.880 bits per heavy atom. The number of anilines is 1. The summed E-state index contributed by atoms with van der Waals surface area (Å²) in [5.74, 6) is 0.940. The number of aromatic amines is 1. The Bertz CT molecular complexity index is 974. The van der Waals surface area contributed by atoms with E-state index in [1.807, 2.05) is 24.3 Å². The highest BCUT2D eigenvalue weighted by Crippen LogP contribution is 2.17. The maximum Gasteiger partial charge on any atom is 0.126 e. The number of rotatable bonds is 7. The van der Waals surface area contributed by atoms with Crippen molar-refractivity contribution in [2.45, 2.75) is 13.0 Å². The van der Waals surface area contributed by atoms with Crippen molar-refractivity contribution in [2.24, 2.45) is 0 Å². The highest BCUT2D eigenvalue weighted by Gasteiger charge is 2.02. The zero-order valence-electron chi connectivity index (χ0n) is 14.1. The van der Waals surface area contributed by atoms with E-state index in [1.165, 1.54) is 21.9 Å². The van der Waals surface area contributed by atoms with E-state index >= 15 is 0 Å². The van der Waals surface area contributed by atoms with Crippen LogP contribution in [0, 0.1) is 0 Å². The maximum absolute atomic E-state index is 4.63. The van der Waals surface area contributed by atoms with Gasteiger partial charge in [0.2, 0.25) is 0 Å². The van der Waals surface area contributed by atoms with Crippen LogP contribution in [0.4, 0.5) is 5.82 Å². The fourth-order valence-corrected chi connectivity index (χ4v) is 3.10. The third-order valence-corrected chi connectivity index (χ3v) is 4.43. The first-order valence-electron chi connectivity index (χ1n) is 8.75. The molecule has 0 saturated carbocycles. The highest BCUT2D eigenvalue weighted by molar-refractivity contribution is 5.83. The van der Waals surface area contributed by atoms with Crippen LogP contribution < -0.4 is 10.6 Å². The molecule has 4 nitrogen and oxygen atoms in total. The zero-order valence-corrected chi connectivity index (χ0v) is 14.1. The molecule has 0 amide bonds. The SMILES string of the molecule is c1ccc2nc(NCCCNCc3c[nH]c4ccccc34)ccc2c1. The van der Waals surface area contributed by atoms with E-state index in [4.69, 9.17) is 0 Å². The van der Waals surface area contributed by atoms with E-state index < -0.39 is 0 Å². The van der Waals surface area contributed by atoms with Crippen molar-refractivity contribution in [1.29, 1.82) is 0 Å². The smallest absolute Gasteiger partial charge is 0.126 e. The summed E-state index contributed by atoms with van der Waals surface area (Å²) in [5.41, 5.74) is 3.55. The summed E-state index contributed by atoms with van der Waals surface area (Å²) in [5, 5.41) is 9.39. The molecule has 0 saturated heterocycles. The summed E-state index contributed by atoms with van der Waals surface area (Å²) in [6.45, 7) is 2.77. The minimum absolute atomic E-state index is 0.887. The third-order valence-electron chi connectivity index (χ3n) is 4.43. The van der Waals surface area contributed by atoms with Crippen LogP contribution in [0.1, 0.15) is 12.0 Å². The van der Waals surface area contributed by atoms with Crippen molar-refractivity contribution < 1.29 is 0 Å². The monoisotopic (exact) mass is 330 g/mol. The Kier molecular flexibility index (Phi) is 4.61. The van der Waals surface area contributed by atoms with Crippen LogP contribution in [-0.4, -0.2) is 23.1 Å². The summed E-state index contributed by atoms with van der Waals surface area (Å²) >= 11 is 0. The minimum Gasteiger partial charge on any atom is -0.370 e. The molecular weight excluding hydrogens is 308 g/mol. The third kappa shape index (κ3) is 3.64. The highest BCUT2D eigenvalue weighted by atomic mass is 15.0. The second-order valence-electron chi connectivity index (χ2n) is 6.21. The molecule has 2 aromatic heterocycles. The van der Waals surface area contributed by atoms with Crippen molar-refractivity contribution in [1.82, 2.24) is 15.3 Å². The van der Waals surface area contributed by atoms with Gasteiger partial charge in [0.15, 0.2) is 0 Å². The van der Waals surface area contributed by atoms with Crippen LogP contribution in [-0.2, 0) is 6.54 Å². The summed E-state index contributed by atoms with van der Waals surface area (Å²) in [6.07, 6.45) is 3.14. The predicted octanol–water partition coefficient (Wildman–Crippen LogP) is 4.31. The van der Waals surface area contributed by atoms with Crippen molar-refractivity contribution >= 4 is 27.6 Å². The first-order valence-corrected chi connectivity index (χ1v) is 8.75. The quantitative estimate of drug-likeness (QED) is 0.443. The molecule has 2 heterocycles. The number of benzene rings is 2. The van der Waals surface area contributed by atoms with Gasteiger partial charge in [0, 0.05) is 35.6 Å². The summed E-state index contributed by atoms with van der Waals surface area (Å²) in [4.78, 5) is 7.95. The topological polar surface area (TPSA) is 52.7 Å². The van der Waals surface area contributed by atoms with Crippen molar-refractivity contribution in [3.63, 3.8) is 0 Å². The fourth-order valence-electron chi connectivity index (χ4n) is 3.10. The van der Waals surface area contributed by atoms with Gasteiger partial charge in [-0.1, -0.05) is 36.4 Å². The van der Waals surface area contributed by atoms with Crippen molar-refractivity contribution in [3.8, 4) is 0 Å². The molecule has 0 unspecified atom stereocenters. The molecule has 0 aliphatic heterocycles. The number of fused-ring (bicyclic) bond motifs is 2. The first-order chi connectivity index (χ1) is 12.4. The standard InChI is InChI=1S/C21H22N4/c1-3-8-19-16(6-1)10-11-21(25-19)23-13-5-12-22-14-17-15-24-20-9-4-2-7-18(17)20/h1-4,6-11,15,22,24H,5,12-14H2,(H,23,25). The van der Waals surface area contributed by atoms with Crippen LogP contribution in [0.25, 0.3) is 21.8 Å². The molecule has 0 radical (unpaired) electrons. The van der Waals surface area contributed by atoms with Gasteiger partial charge in [0.1, 0.15) is 5.82 Å². The molecule has 25 heavy (non-hydrogen) atoms. The average Bonchev–Trinajstić information content (AvgIpc) is 3.08. The molecule has 0 spiro atoms. The average molecular weight is 330 g/mol. The second-order valence-corrected chi connectivity index (χ2v) is 6.21. The largest absolute Gasteiger partial charge is 0.370 e. The molecule has 0 fully saturated rings. The van der Waals surface area contributed by atoms with Crippen LogP contribution in [0.2, 0.25) is 0 Å². The number of aromatic nitrogens is 2. The molecule has 3 N–H and O–H groups in total. The van der Waals surface area contributed by atoms with Crippen LogP contribution in [0.15, 0.2) is 66.9 Å². The lowest BCUT2D eigenvalue weighted by Gasteiger charge is -2.07. The predicted molar refractivity (Wildman–Crippen MR) is 105 cm³/mol. The number of hydrogen-bond acceptors (Lipinski definition) is 3. The molecule has 4 heteroatoms. The van der Waals surface area contributed by atoms with Crippen LogP contribution in [0.5, 0.6) is 0 Å². The number of nitrogens with zero attached hydrogens (tertiary/aromatic N) is 1. The molecule has 2 aromatic carbocycles. The van der Waals surface area contributed by atoms with Gasteiger partial charge in [-0.3, -0.25) is 0 Å². The lowest BCUT2D eigenvalue weighted by Crippen LogP contribution is -2.17. The van der Waals surface area contributed by atoms with Gasteiger partial charge < -0.3 is 15.6 Å². The number of nitrogens with one attached hydrogen (secondary N) is 3. The Hall–Kier alpha value is -2.85. The summed E-state index contributed by atoms with van der Waals surface area (Å²) in [6, 6.07) is 20.8. The molecule has 0 bridgehead atoms. The maximum atomic E-state index is 4.63. The van der Waals surface area contributed by atoms with Crippen molar-refractivity contribution in [3.05, 3.63) is 72.4 Å². The zero-order chi connectivity index (χ0) is 16.9.